The van der Waals surface area contributed by atoms with Crippen molar-refractivity contribution < 1.29 is 9.53 Å². The lowest BCUT2D eigenvalue weighted by Gasteiger charge is -2.13. The smallest absolute Gasteiger partial charge is 0.293 e. The molecule has 0 atom stereocenters. The van der Waals surface area contributed by atoms with Crippen molar-refractivity contribution in [3.8, 4) is 11.3 Å². The summed E-state index contributed by atoms with van der Waals surface area (Å²) in [6.07, 6.45) is 1.74. The number of nitrogens with zero attached hydrogens (tertiary/aromatic N) is 2. The van der Waals surface area contributed by atoms with Gasteiger partial charge in [0.1, 0.15) is 6.61 Å². The van der Waals surface area contributed by atoms with E-state index >= 15 is 0 Å². The van der Waals surface area contributed by atoms with E-state index in [-0.39, 0.29) is 23.9 Å². The second kappa shape index (κ2) is 9.37. The third-order valence-electron chi connectivity index (χ3n) is 4.80. The summed E-state index contributed by atoms with van der Waals surface area (Å²) in [4.78, 5) is 29.1. The molecule has 0 radical (unpaired) electrons. The number of aromatic nitrogens is 2. The Bertz CT molecular complexity index is 1120. The molecule has 2 N–H and O–H groups in total. The Kier molecular flexibility index (Phi) is 6.64. The second-order valence-electron chi connectivity index (χ2n) is 7.03. The van der Waals surface area contributed by atoms with Crippen molar-refractivity contribution in [1.82, 2.24) is 9.55 Å². The third kappa shape index (κ3) is 4.93. The summed E-state index contributed by atoms with van der Waals surface area (Å²) < 4.78 is 6.63. The van der Waals surface area contributed by atoms with E-state index in [4.69, 9.17) is 4.74 Å². The van der Waals surface area contributed by atoms with Crippen molar-refractivity contribution in [2.45, 2.75) is 20.8 Å². The van der Waals surface area contributed by atoms with Crippen molar-refractivity contribution >= 4 is 23.1 Å². The molecule has 0 aliphatic rings. The summed E-state index contributed by atoms with van der Waals surface area (Å²) >= 11 is 0. The molecule has 30 heavy (non-hydrogen) atoms. The van der Waals surface area contributed by atoms with Gasteiger partial charge in [0, 0.05) is 36.8 Å². The molecular weight excluding hydrogens is 380 g/mol. The SMILES string of the molecule is CCOCC(=O)Nc1cccc(Nc2nc(-c3cccc(C)c3C)cn(C)c2=O)c1. The number of hydrogen-bond acceptors (Lipinski definition) is 5. The molecule has 0 unspecified atom stereocenters. The zero-order valence-corrected chi connectivity index (χ0v) is 17.7. The number of benzene rings is 2. The molecule has 0 saturated heterocycles. The summed E-state index contributed by atoms with van der Waals surface area (Å²) in [7, 11) is 1.70. The van der Waals surface area contributed by atoms with Crippen LogP contribution in [0.3, 0.4) is 0 Å². The lowest BCUT2D eigenvalue weighted by molar-refractivity contribution is -0.120. The maximum Gasteiger partial charge on any atom is 0.293 e. The van der Waals surface area contributed by atoms with Crippen LogP contribution in [0.25, 0.3) is 11.3 Å². The highest BCUT2D eigenvalue weighted by Gasteiger charge is 2.12. The lowest BCUT2D eigenvalue weighted by atomic mass is 10.0. The molecule has 7 heteroatoms. The first kappa shape index (κ1) is 21.3. The third-order valence-corrected chi connectivity index (χ3v) is 4.80. The van der Waals surface area contributed by atoms with Crippen LogP contribution in [0.5, 0.6) is 0 Å². The van der Waals surface area contributed by atoms with E-state index in [2.05, 4.69) is 15.6 Å². The van der Waals surface area contributed by atoms with E-state index in [1.807, 2.05) is 45.0 Å². The zero-order valence-electron chi connectivity index (χ0n) is 17.7. The maximum absolute atomic E-state index is 12.6. The van der Waals surface area contributed by atoms with Gasteiger partial charge in [0.25, 0.3) is 5.56 Å². The van der Waals surface area contributed by atoms with Crippen molar-refractivity contribution in [3.05, 3.63) is 70.1 Å². The first-order valence-electron chi connectivity index (χ1n) is 9.78. The van der Waals surface area contributed by atoms with E-state index < -0.39 is 0 Å². The van der Waals surface area contributed by atoms with Gasteiger partial charge in [-0.15, -0.1) is 0 Å². The van der Waals surface area contributed by atoms with Crippen LogP contribution in [-0.4, -0.2) is 28.7 Å². The van der Waals surface area contributed by atoms with Crippen LogP contribution in [0.2, 0.25) is 0 Å². The highest BCUT2D eigenvalue weighted by atomic mass is 16.5. The summed E-state index contributed by atoms with van der Waals surface area (Å²) in [6, 6.07) is 13.1. The van der Waals surface area contributed by atoms with Gasteiger partial charge in [0.2, 0.25) is 5.91 Å². The molecule has 1 aromatic heterocycles. The molecular formula is C23H26N4O3. The van der Waals surface area contributed by atoms with Crippen LogP contribution in [0, 0.1) is 13.8 Å². The van der Waals surface area contributed by atoms with E-state index in [0.717, 1.165) is 16.7 Å². The topological polar surface area (TPSA) is 85.2 Å². The van der Waals surface area contributed by atoms with Crippen LogP contribution in [0.1, 0.15) is 18.1 Å². The predicted molar refractivity (Wildman–Crippen MR) is 119 cm³/mol. The average Bonchev–Trinajstić information content (AvgIpc) is 2.72. The number of rotatable bonds is 7. The fourth-order valence-corrected chi connectivity index (χ4v) is 3.05. The van der Waals surface area contributed by atoms with Crippen molar-refractivity contribution in [3.63, 3.8) is 0 Å². The van der Waals surface area contributed by atoms with Crippen molar-refractivity contribution in [1.29, 1.82) is 0 Å². The fourth-order valence-electron chi connectivity index (χ4n) is 3.05. The highest BCUT2D eigenvalue weighted by molar-refractivity contribution is 5.92. The summed E-state index contributed by atoms with van der Waals surface area (Å²) in [5.41, 5.74) is 4.98. The number of hydrogen-bond donors (Lipinski definition) is 2. The Morgan fingerprint density at radius 1 is 1.13 bits per heavy atom. The normalized spacial score (nSPS) is 10.7. The largest absolute Gasteiger partial charge is 0.372 e. The second-order valence-corrected chi connectivity index (χ2v) is 7.03. The lowest BCUT2D eigenvalue weighted by Crippen LogP contribution is -2.21. The average molecular weight is 406 g/mol. The predicted octanol–water partition coefficient (Wildman–Crippen LogP) is 3.78. The van der Waals surface area contributed by atoms with Gasteiger partial charge < -0.3 is 19.9 Å². The van der Waals surface area contributed by atoms with E-state index in [1.54, 1.807) is 31.4 Å². The molecule has 156 valence electrons. The van der Waals surface area contributed by atoms with Gasteiger partial charge >= 0.3 is 0 Å². The number of nitrogens with one attached hydrogen (secondary N) is 2. The molecule has 3 aromatic rings. The Morgan fingerprint density at radius 3 is 2.63 bits per heavy atom. The van der Waals surface area contributed by atoms with Gasteiger partial charge in [0.05, 0.1) is 5.69 Å². The van der Waals surface area contributed by atoms with Gasteiger partial charge in [-0.05, 0) is 50.1 Å². The summed E-state index contributed by atoms with van der Waals surface area (Å²) in [6.45, 7) is 6.39. The van der Waals surface area contributed by atoms with Crippen LogP contribution in [0.15, 0.2) is 53.5 Å². The molecule has 3 rings (SSSR count). The van der Waals surface area contributed by atoms with Gasteiger partial charge in [-0.25, -0.2) is 4.98 Å². The van der Waals surface area contributed by atoms with E-state index in [9.17, 15) is 9.59 Å². The van der Waals surface area contributed by atoms with Crippen LogP contribution in [0.4, 0.5) is 17.2 Å². The molecule has 0 spiro atoms. The minimum Gasteiger partial charge on any atom is -0.372 e. The maximum atomic E-state index is 12.6. The molecule has 0 saturated carbocycles. The van der Waals surface area contributed by atoms with E-state index in [1.165, 1.54) is 4.57 Å². The highest BCUT2D eigenvalue weighted by Crippen LogP contribution is 2.25. The van der Waals surface area contributed by atoms with Crippen LogP contribution >= 0.6 is 0 Å². The number of amides is 1. The van der Waals surface area contributed by atoms with Gasteiger partial charge in [-0.2, -0.15) is 0 Å². The molecule has 1 amide bonds. The molecule has 0 bridgehead atoms. The van der Waals surface area contributed by atoms with E-state index in [0.29, 0.717) is 23.7 Å². The first-order valence-corrected chi connectivity index (χ1v) is 9.78. The summed E-state index contributed by atoms with van der Waals surface area (Å²) in [5.74, 6) is -0.0198. The Labute approximate surface area is 175 Å². The van der Waals surface area contributed by atoms with Gasteiger partial charge in [-0.1, -0.05) is 24.3 Å². The molecule has 0 aliphatic heterocycles. The Balaban J connectivity index is 1.89. The fraction of sp³-hybridized carbons (Fsp3) is 0.261. The Hall–Kier alpha value is -3.45. The molecule has 0 aliphatic carbocycles. The standard InChI is InChI=1S/C23H26N4O3/c1-5-30-14-21(28)24-17-9-7-10-18(12-17)25-22-23(29)27(4)13-20(26-22)19-11-6-8-15(2)16(19)3/h6-13H,5,14H2,1-4H3,(H,24,28)(H,25,26). The Morgan fingerprint density at radius 2 is 1.87 bits per heavy atom. The number of aryl methyl sites for hydroxylation is 2. The molecule has 0 fully saturated rings. The van der Waals surface area contributed by atoms with Crippen molar-refractivity contribution in [2.24, 2.45) is 7.05 Å². The molecule has 1 heterocycles. The van der Waals surface area contributed by atoms with Crippen LogP contribution in [-0.2, 0) is 16.6 Å². The minimum atomic E-state index is -0.241. The summed E-state index contributed by atoms with van der Waals surface area (Å²) in [5, 5.41) is 5.86. The number of carbonyl (C=O) groups is 1. The quantitative estimate of drug-likeness (QED) is 0.624. The zero-order chi connectivity index (χ0) is 21.7. The number of ether oxygens (including phenoxy) is 1. The number of anilines is 3. The number of carbonyl (C=O) groups excluding carboxylic acids is 1. The molecule has 2 aromatic carbocycles. The van der Waals surface area contributed by atoms with Gasteiger partial charge in [0.15, 0.2) is 5.82 Å². The first-order chi connectivity index (χ1) is 14.4. The van der Waals surface area contributed by atoms with Crippen molar-refractivity contribution in [2.75, 3.05) is 23.8 Å². The van der Waals surface area contributed by atoms with Crippen LogP contribution < -0.4 is 16.2 Å². The van der Waals surface area contributed by atoms with Gasteiger partial charge in [-0.3, -0.25) is 9.59 Å². The molecule has 7 nitrogen and oxygen atoms in total. The monoisotopic (exact) mass is 406 g/mol. The minimum absolute atomic E-state index is 0.00581.